The van der Waals surface area contributed by atoms with E-state index in [-0.39, 0.29) is 0 Å². The number of hydrogen-bond acceptors (Lipinski definition) is 3. The van der Waals surface area contributed by atoms with E-state index in [9.17, 15) is 4.79 Å². The first kappa shape index (κ1) is 11.2. The van der Waals surface area contributed by atoms with Crippen LogP contribution in [0.4, 0.5) is 0 Å². The molecule has 0 rings (SSSR count). The van der Waals surface area contributed by atoms with Crippen molar-refractivity contribution in [1.29, 1.82) is 0 Å². The summed E-state index contributed by atoms with van der Waals surface area (Å²) in [6.45, 7) is 1.99. The fourth-order valence-corrected chi connectivity index (χ4v) is 2.16. The van der Waals surface area contributed by atoms with Gasteiger partial charge in [-0.3, -0.25) is 4.79 Å². The number of rotatable bonds is 7. The van der Waals surface area contributed by atoms with Crippen molar-refractivity contribution in [2.24, 2.45) is 0 Å². The lowest BCUT2D eigenvalue weighted by Gasteiger charge is -1.96. The van der Waals surface area contributed by atoms with Crippen LogP contribution < -0.4 is 0 Å². The van der Waals surface area contributed by atoms with Crippen LogP contribution in [0.25, 0.3) is 0 Å². The minimum atomic E-state index is -0.690. The zero-order valence-electron chi connectivity index (χ0n) is 6.58. The smallest absolute Gasteiger partial charge is 0.303 e. The first-order valence-corrected chi connectivity index (χ1v) is 5.93. The van der Waals surface area contributed by atoms with Crippen LogP contribution in [0.2, 0.25) is 0 Å². The van der Waals surface area contributed by atoms with Gasteiger partial charge in [0.05, 0.1) is 0 Å². The molecule has 0 atom stereocenters. The number of carboxylic acid groups (broad SMARTS) is 1. The van der Waals surface area contributed by atoms with Gasteiger partial charge in [-0.15, -0.1) is 0 Å². The Morgan fingerprint density at radius 1 is 1.55 bits per heavy atom. The van der Waals surface area contributed by atoms with Crippen molar-refractivity contribution in [2.75, 3.05) is 5.75 Å². The first-order chi connectivity index (χ1) is 5.27. The Morgan fingerprint density at radius 3 is 2.82 bits per heavy atom. The highest BCUT2D eigenvalue weighted by Gasteiger charge is 1.95. The Bertz CT molecular complexity index is 107. The maximum Gasteiger partial charge on any atom is 0.303 e. The van der Waals surface area contributed by atoms with Gasteiger partial charge in [-0.1, -0.05) is 28.5 Å². The second-order valence-electron chi connectivity index (χ2n) is 2.00. The molecular formula is C7H13O2S2. The standard InChI is InChI=1S/C7H13O2S2/c1-2-10-11-6-4-3-5-7(8)9/h2H,3-6H2,1H3,(H,8,9). The average Bonchev–Trinajstić information content (AvgIpc) is 1.96. The molecule has 0 fully saturated rings. The molecule has 0 spiro atoms. The summed E-state index contributed by atoms with van der Waals surface area (Å²) < 4.78 is 0. The summed E-state index contributed by atoms with van der Waals surface area (Å²) in [4.78, 5) is 10.1. The van der Waals surface area contributed by atoms with Crippen LogP contribution in [0.5, 0.6) is 0 Å². The van der Waals surface area contributed by atoms with Gasteiger partial charge in [0.15, 0.2) is 0 Å². The number of aliphatic carboxylic acids is 1. The van der Waals surface area contributed by atoms with E-state index >= 15 is 0 Å². The van der Waals surface area contributed by atoms with Crippen molar-refractivity contribution in [2.45, 2.75) is 26.2 Å². The largest absolute Gasteiger partial charge is 0.481 e. The van der Waals surface area contributed by atoms with E-state index in [1.54, 1.807) is 21.6 Å². The van der Waals surface area contributed by atoms with Crippen LogP contribution in [0, 0.1) is 5.75 Å². The third kappa shape index (κ3) is 10.2. The van der Waals surface area contributed by atoms with Crippen LogP contribution >= 0.6 is 21.6 Å². The van der Waals surface area contributed by atoms with Crippen LogP contribution in [-0.2, 0) is 4.79 Å². The molecule has 2 nitrogen and oxygen atoms in total. The lowest BCUT2D eigenvalue weighted by molar-refractivity contribution is -0.137. The Morgan fingerprint density at radius 2 is 2.27 bits per heavy atom. The molecule has 0 heterocycles. The van der Waals surface area contributed by atoms with Gasteiger partial charge in [0.2, 0.25) is 0 Å². The predicted octanol–water partition coefficient (Wildman–Crippen LogP) is 2.80. The molecule has 0 bridgehead atoms. The zero-order chi connectivity index (χ0) is 8.53. The van der Waals surface area contributed by atoms with Gasteiger partial charge in [0.1, 0.15) is 0 Å². The van der Waals surface area contributed by atoms with Crippen molar-refractivity contribution in [3.8, 4) is 0 Å². The van der Waals surface area contributed by atoms with E-state index in [0.717, 1.165) is 18.6 Å². The van der Waals surface area contributed by atoms with Gasteiger partial charge in [-0.05, 0) is 12.8 Å². The summed E-state index contributed by atoms with van der Waals surface area (Å²) in [5.41, 5.74) is 0. The second kappa shape index (κ2) is 8.27. The minimum absolute atomic E-state index is 0.307. The van der Waals surface area contributed by atoms with Crippen molar-refractivity contribution in [3.63, 3.8) is 0 Å². The molecular weight excluding hydrogens is 180 g/mol. The molecule has 1 radical (unpaired) electrons. The van der Waals surface area contributed by atoms with Crippen molar-refractivity contribution < 1.29 is 9.90 Å². The van der Waals surface area contributed by atoms with Crippen molar-refractivity contribution in [1.82, 2.24) is 0 Å². The molecule has 4 heteroatoms. The van der Waals surface area contributed by atoms with E-state index in [2.05, 4.69) is 0 Å². The zero-order valence-corrected chi connectivity index (χ0v) is 8.21. The Labute approximate surface area is 75.5 Å². The molecule has 0 saturated carbocycles. The third-order valence-corrected chi connectivity index (χ3v) is 3.30. The summed E-state index contributed by atoms with van der Waals surface area (Å²) in [5, 5.41) is 8.30. The van der Waals surface area contributed by atoms with E-state index in [0.29, 0.717) is 6.42 Å². The first-order valence-electron chi connectivity index (χ1n) is 3.55. The third-order valence-electron chi connectivity index (χ3n) is 1.03. The molecule has 0 amide bonds. The molecule has 0 aliphatic rings. The lowest BCUT2D eigenvalue weighted by atomic mass is 10.3. The van der Waals surface area contributed by atoms with Crippen LogP contribution in [0.15, 0.2) is 0 Å². The second-order valence-corrected chi connectivity index (χ2v) is 4.60. The monoisotopic (exact) mass is 193 g/mol. The number of hydrogen-bond donors (Lipinski definition) is 1. The fourth-order valence-electron chi connectivity index (χ4n) is 0.553. The molecule has 1 N–H and O–H groups in total. The molecule has 0 saturated heterocycles. The van der Waals surface area contributed by atoms with E-state index < -0.39 is 5.97 Å². The van der Waals surface area contributed by atoms with Crippen LogP contribution in [0.1, 0.15) is 26.2 Å². The topological polar surface area (TPSA) is 37.3 Å². The van der Waals surface area contributed by atoms with E-state index in [1.807, 2.05) is 12.7 Å². The van der Waals surface area contributed by atoms with Gasteiger partial charge in [0, 0.05) is 17.9 Å². The van der Waals surface area contributed by atoms with Crippen LogP contribution in [-0.4, -0.2) is 16.8 Å². The molecule has 0 aromatic rings. The molecule has 0 aromatic carbocycles. The summed E-state index contributed by atoms with van der Waals surface area (Å²) in [6.07, 6.45) is 2.10. The van der Waals surface area contributed by atoms with Crippen molar-refractivity contribution >= 4 is 27.6 Å². The molecule has 0 aromatic heterocycles. The molecule has 0 unspecified atom stereocenters. The number of carbonyl (C=O) groups is 1. The predicted molar refractivity (Wildman–Crippen MR) is 51.5 cm³/mol. The normalized spacial score (nSPS) is 9.91. The highest BCUT2D eigenvalue weighted by Crippen LogP contribution is 2.24. The summed E-state index contributed by atoms with van der Waals surface area (Å²) >= 11 is 0. The van der Waals surface area contributed by atoms with Gasteiger partial charge < -0.3 is 5.11 Å². The van der Waals surface area contributed by atoms with Gasteiger partial charge in [0.25, 0.3) is 0 Å². The Kier molecular flexibility index (Phi) is 8.40. The molecule has 0 aliphatic heterocycles. The lowest BCUT2D eigenvalue weighted by Crippen LogP contribution is -1.93. The van der Waals surface area contributed by atoms with Gasteiger partial charge in [-0.25, -0.2) is 0 Å². The van der Waals surface area contributed by atoms with E-state index in [4.69, 9.17) is 5.11 Å². The molecule has 11 heavy (non-hydrogen) atoms. The summed E-state index contributed by atoms with van der Waals surface area (Å²) in [6, 6.07) is 0. The Hall–Kier alpha value is 0.170. The average molecular weight is 193 g/mol. The van der Waals surface area contributed by atoms with Gasteiger partial charge >= 0.3 is 5.97 Å². The number of carboxylic acids is 1. The highest BCUT2D eigenvalue weighted by molar-refractivity contribution is 8.77. The van der Waals surface area contributed by atoms with Crippen molar-refractivity contribution in [3.05, 3.63) is 5.75 Å². The fraction of sp³-hybridized carbons (Fsp3) is 0.714. The Balaban J connectivity index is 2.85. The van der Waals surface area contributed by atoms with Crippen LogP contribution in [0.3, 0.4) is 0 Å². The quantitative estimate of drug-likeness (QED) is 0.498. The maximum atomic E-state index is 10.1. The summed E-state index contributed by atoms with van der Waals surface area (Å²) in [5.74, 6) is 2.38. The van der Waals surface area contributed by atoms with E-state index in [1.165, 1.54) is 0 Å². The van der Waals surface area contributed by atoms with Gasteiger partial charge in [-0.2, -0.15) is 0 Å². The minimum Gasteiger partial charge on any atom is -0.481 e. The number of unbranched alkanes of at least 4 members (excludes halogenated alkanes) is 1. The maximum absolute atomic E-state index is 10.1. The SMILES string of the molecule is C[CH]SSCCCCC(=O)O. The molecule has 65 valence electrons. The highest BCUT2D eigenvalue weighted by atomic mass is 33.1. The summed E-state index contributed by atoms with van der Waals surface area (Å²) in [7, 11) is 3.48. The molecule has 0 aliphatic carbocycles.